The summed E-state index contributed by atoms with van der Waals surface area (Å²) in [6.07, 6.45) is 0. The van der Waals surface area contributed by atoms with Crippen LogP contribution in [0.2, 0.25) is 0 Å². The molecular formula is C11H19BrN2S. The Kier molecular flexibility index (Phi) is 5.26. The number of nitrogens with zero attached hydrogens (tertiary/aromatic N) is 1. The van der Waals surface area contributed by atoms with Crippen LogP contribution in [0.5, 0.6) is 0 Å². The molecule has 2 nitrogen and oxygen atoms in total. The Labute approximate surface area is 105 Å². The fraction of sp³-hybridized carbons (Fsp3) is 0.636. The number of halogens is 1. The van der Waals surface area contributed by atoms with Gasteiger partial charge in [0.25, 0.3) is 0 Å². The van der Waals surface area contributed by atoms with Crippen LogP contribution >= 0.6 is 27.3 Å². The summed E-state index contributed by atoms with van der Waals surface area (Å²) in [5.74, 6) is 0.674. The van der Waals surface area contributed by atoms with Gasteiger partial charge in [-0.3, -0.25) is 4.90 Å². The van der Waals surface area contributed by atoms with Gasteiger partial charge in [-0.15, -0.1) is 11.3 Å². The van der Waals surface area contributed by atoms with Crippen LogP contribution in [0.3, 0.4) is 0 Å². The lowest BCUT2D eigenvalue weighted by Crippen LogP contribution is -2.32. The van der Waals surface area contributed by atoms with Crippen LogP contribution in [0.4, 0.5) is 0 Å². The molecule has 86 valence electrons. The number of hydrogen-bond donors (Lipinski definition) is 1. The van der Waals surface area contributed by atoms with E-state index in [0.717, 1.165) is 11.0 Å². The number of hydrogen-bond acceptors (Lipinski definition) is 3. The number of rotatable bonds is 5. The Morgan fingerprint density at radius 3 is 2.60 bits per heavy atom. The van der Waals surface area contributed by atoms with E-state index in [0.29, 0.717) is 18.5 Å². The molecule has 1 unspecified atom stereocenters. The van der Waals surface area contributed by atoms with Crippen molar-refractivity contribution >= 4 is 27.3 Å². The summed E-state index contributed by atoms with van der Waals surface area (Å²) in [5, 5.41) is 2.11. The van der Waals surface area contributed by atoms with Crippen molar-refractivity contribution in [1.29, 1.82) is 0 Å². The maximum Gasteiger partial charge on any atom is 0.0562 e. The van der Waals surface area contributed by atoms with Gasteiger partial charge in [-0.25, -0.2) is 0 Å². The maximum atomic E-state index is 5.84. The van der Waals surface area contributed by atoms with E-state index < -0.39 is 0 Å². The third-order valence-corrected chi connectivity index (χ3v) is 4.12. The van der Waals surface area contributed by atoms with Gasteiger partial charge in [-0.2, -0.15) is 0 Å². The van der Waals surface area contributed by atoms with Gasteiger partial charge in [0.15, 0.2) is 0 Å². The highest BCUT2D eigenvalue weighted by atomic mass is 79.9. The van der Waals surface area contributed by atoms with Gasteiger partial charge >= 0.3 is 0 Å². The smallest absolute Gasteiger partial charge is 0.0562 e. The first-order valence-electron chi connectivity index (χ1n) is 5.18. The second-order valence-corrected chi connectivity index (χ2v) is 6.11. The highest BCUT2D eigenvalue weighted by Gasteiger charge is 2.17. The predicted octanol–water partition coefficient (Wildman–Crippen LogP) is 3.10. The number of thiophene rings is 1. The summed E-state index contributed by atoms with van der Waals surface area (Å²) in [7, 11) is 2.14. The van der Waals surface area contributed by atoms with E-state index in [2.05, 4.69) is 53.2 Å². The number of nitrogens with two attached hydrogens (primary N) is 1. The summed E-state index contributed by atoms with van der Waals surface area (Å²) >= 11 is 5.25. The summed E-state index contributed by atoms with van der Waals surface area (Å²) < 4.78 is 1.15. The minimum atomic E-state index is 0.351. The molecule has 1 rings (SSSR count). The standard InChI is InChI=1S/C11H19BrN2S/c1-8(2)6-14(3)10(5-13)11-4-9(12)7-15-11/h4,7-8,10H,5-6,13H2,1-3H3. The molecule has 1 aromatic heterocycles. The first-order chi connectivity index (χ1) is 7.04. The molecule has 0 aliphatic carbocycles. The molecule has 0 bridgehead atoms. The highest BCUT2D eigenvalue weighted by molar-refractivity contribution is 9.10. The van der Waals surface area contributed by atoms with Crippen molar-refractivity contribution in [3.8, 4) is 0 Å². The molecule has 0 aliphatic heterocycles. The van der Waals surface area contributed by atoms with E-state index in [9.17, 15) is 0 Å². The van der Waals surface area contributed by atoms with Crippen molar-refractivity contribution in [2.45, 2.75) is 19.9 Å². The van der Waals surface area contributed by atoms with Crippen molar-refractivity contribution in [1.82, 2.24) is 4.90 Å². The van der Waals surface area contributed by atoms with E-state index in [1.165, 1.54) is 4.88 Å². The Hall–Kier alpha value is 0.1000. The van der Waals surface area contributed by atoms with E-state index in [-0.39, 0.29) is 0 Å². The molecule has 1 aromatic rings. The molecular weight excluding hydrogens is 272 g/mol. The van der Waals surface area contributed by atoms with Crippen LogP contribution in [-0.2, 0) is 0 Å². The van der Waals surface area contributed by atoms with Crippen molar-refractivity contribution < 1.29 is 0 Å². The second kappa shape index (κ2) is 5.99. The molecule has 0 aliphatic rings. The SMILES string of the molecule is CC(C)CN(C)C(CN)c1cc(Br)cs1. The van der Waals surface area contributed by atoms with Crippen LogP contribution in [-0.4, -0.2) is 25.0 Å². The van der Waals surface area contributed by atoms with Crippen LogP contribution in [0.1, 0.15) is 24.8 Å². The minimum absolute atomic E-state index is 0.351. The highest BCUT2D eigenvalue weighted by Crippen LogP contribution is 2.28. The van der Waals surface area contributed by atoms with Gasteiger partial charge < -0.3 is 5.73 Å². The second-order valence-electron chi connectivity index (χ2n) is 4.25. The van der Waals surface area contributed by atoms with E-state index in [1.54, 1.807) is 11.3 Å². The van der Waals surface area contributed by atoms with Crippen LogP contribution in [0.15, 0.2) is 15.9 Å². The van der Waals surface area contributed by atoms with Crippen LogP contribution in [0, 0.1) is 5.92 Å². The van der Waals surface area contributed by atoms with E-state index >= 15 is 0 Å². The Morgan fingerprint density at radius 1 is 1.53 bits per heavy atom. The van der Waals surface area contributed by atoms with Gasteiger partial charge in [0.2, 0.25) is 0 Å². The van der Waals surface area contributed by atoms with Gasteiger partial charge in [-0.05, 0) is 35.0 Å². The topological polar surface area (TPSA) is 29.3 Å². The van der Waals surface area contributed by atoms with Crippen LogP contribution < -0.4 is 5.73 Å². The molecule has 0 amide bonds. The first kappa shape index (κ1) is 13.2. The average molecular weight is 291 g/mol. The molecule has 0 saturated heterocycles. The molecule has 0 radical (unpaired) electrons. The number of likely N-dealkylation sites (N-methyl/N-ethyl adjacent to an activating group) is 1. The van der Waals surface area contributed by atoms with Gasteiger partial charge in [-0.1, -0.05) is 13.8 Å². The minimum Gasteiger partial charge on any atom is -0.329 e. The maximum absolute atomic E-state index is 5.84. The first-order valence-corrected chi connectivity index (χ1v) is 6.86. The molecule has 4 heteroatoms. The third kappa shape index (κ3) is 3.87. The Morgan fingerprint density at radius 2 is 2.20 bits per heavy atom. The lowest BCUT2D eigenvalue weighted by Gasteiger charge is -2.27. The monoisotopic (exact) mass is 290 g/mol. The van der Waals surface area contributed by atoms with E-state index in [4.69, 9.17) is 5.73 Å². The molecule has 1 heterocycles. The van der Waals surface area contributed by atoms with Gasteiger partial charge in [0, 0.05) is 27.8 Å². The summed E-state index contributed by atoms with van der Waals surface area (Å²) in [6.45, 7) is 6.22. The fourth-order valence-electron chi connectivity index (χ4n) is 1.72. The molecule has 15 heavy (non-hydrogen) atoms. The lowest BCUT2D eigenvalue weighted by molar-refractivity contribution is 0.226. The molecule has 2 N–H and O–H groups in total. The molecule has 0 spiro atoms. The van der Waals surface area contributed by atoms with Crippen molar-refractivity contribution in [2.24, 2.45) is 11.7 Å². The van der Waals surface area contributed by atoms with Gasteiger partial charge in [0.1, 0.15) is 0 Å². The molecule has 0 fully saturated rings. The van der Waals surface area contributed by atoms with E-state index in [1.807, 2.05) is 0 Å². The quantitative estimate of drug-likeness (QED) is 0.903. The zero-order chi connectivity index (χ0) is 11.4. The zero-order valence-electron chi connectivity index (χ0n) is 9.53. The Bertz CT molecular complexity index is 299. The third-order valence-electron chi connectivity index (χ3n) is 2.32. The zero-order valence-corrected chi connectivity index (χ0v) is 11.9. The normalized spacial score (nSPS) is 13.8. The summed E-state index contributed by atoms with van der Waals surface area (Å²) in [5.41, 5.74) is 5.84. The van der Waals surface area contributed by atoms with Gasteiger partial charge in [0.05, 0.1) is 6.04 Å². The Balaban J connectivity index is 2.70. The fourth-order valence-corrected chi connectivity index (χ4v) is 3.34. The summed E-state index contributed by atoms with van der Waals surface area (Å²) in [6, 6.07) is 2.52. The molecule has 1 atom stereocenters. The predicted molar refractivity (Wildman–Crippen MR) is 71.3 cm³/mol. The summed E-state index contributed by atoms with van der Waals surface area (Å²) in [4.78, 5) is 3.68. The average Bonchev–Trinajstić information content (AvgIpc) is 2.51. The molecule has 0 saturated carbocycles. The molecule has 0 aromatic carbocycles. The lowest BCUT2D eigenvalue weighted by atomic mass is 10.1. The largest absolute Gasteiger partial charge is 0.329 e. The van der Waals surface area contributed by atoms with Crippen LogP contribution in [0.25, 0.3) is 0 Å². The van der Waals surface area contributed by atoms with Crippen molar-refractivity contribution in [3.63, 3.8) is 0 Å². The van der Waals surface area contributed by atoms with Crippen molar-refractivity contribution in [2.75, 3.05) is 20.1 Å². The van der Waals surface area contributed by atoms with Crippen molar-refractivity contribution in [3.05, 3.63) is 20.8 Å².